The Morgan fingerprint density at radius 3 is 2.69 bits per heavy atom. The fraction of sp³-hybridized carbons (Fsp3) is 0. The van der Waals surface area contributed by atoms with E-state index >= 15 is 0 Å². The summed E-state index contributed by atoms with van der Waals surface area (Å²) in [5.74, 6) is 1.21. The van der Waals surface area contributed by atoms with E-state index in [0.717, 1.165) is 0 Å². The molecule has 0 saturated carbocycles. The second-order valence-corrected chi connectivity index (χ2v) is 3.39. The zero-order chi connectivity index (χ0) is 10.7. The number of halogens is 2. The summed E-state index contributed by atoms with van der Waals surface area (Å²) in [4.78, 5) is 3.94. The molecule has 3 nitrogen and oxygen atoms in total. The highest BCUT2D eigenvalue weighted by atomic mass is 35.5. The standard InChI is InChI=1S/C11H9ClN2O.ClH/c12-10-6-8(13)3-4-11(10)15-9-2-1-5-14-7-9;/h1-7H,13H2;1H. The highest BCUT2D eigenvalue weighted by Gasteiger charge is 2.02. The number of nitrogens with zero attached hydrogens (tertiary/aromatic N) is 1. The molecule has 0 aliphatic rings. The van der Waals surface area contributed by atoms with Gasteiger partial charge in [0.15, 0.2) is 0 Å². The quantitative estimate of drug-likeness (QED) is 0.837. The van der Waals surface area contributed by atoms with E-state index in [0.29, 0.717) is 22.2 Å². The van der Waals surface area contributed by atoms with E-state index in [1.807, 2.05) is 0 Å². The molecule has 0 amide bonds. The summed E-state index contributed by atoms with van der Waals surface area (Å²) >= 11 is 5.95. The van der Waals surface area contributed by atoms with Crippen molar-refractivity contribution >= 4 is 29.7 Å². The maximum atomic E-state index is 5.95. The molecule has 0 aliphatic carbocycles. The van der Waals surface area contributed by atoms with Gasteiger partial charge in [-0.05, 0) is 30.3 Å². The molecule has 5 heteroatoms. The van der Waals surface area contributed by atoms with Crippen molar-refractivity contribution in [1.29, 1.82) is 0 Å². The molecule has 0 aliphatic heterocycles. The molecule has 1 aromatic heterocycles. The number of hydrogen-bond acceptors (Lipinski definition) is 3. The van der Waals surface area contributed by atoms with Crippen molar-refractivity contribution in [3.63, 3.8) is 0 Å². The largest absolute Gasteiger partial charge is 0.454 e. The molecule has 0 saturated heterocycles. The fourth-order valence-corrected chi connectivity index (χ4v) is 1.36. The first kappa shape index (κ1) is 12.6. The summed E-state index contributed by atoms with van der Waals surface area (Å²) in [5, 5.41) is 0.485. The van der Waals surface area contributed by atoms with Gasteiger partial charge in [-0.2, -0.15) is 0 Å². The van der Waals surface area contributed by atoms with Crippen molar-refractivity contribution in [2.24, 2.45) is 0 Å². The second-order valence-electron chi connectivity index (χ2n) is 2.98. The zero-order valence-corrected chi connectivity index (χ0v) is 9.83. The first-order chi connectivity index (χ1) is 7.25. The van der Waals surface area contributed by atoms with Gasteiger partial charge >= 0.3 is 0 Å². The van der Waals surface area contributed by atoms with Crippen molar-refractivity contribution < 1.29 is 4.74 Å². The number of aromatic nitrogens is 1. The summed E-state index contributed by atoms with van der Waals surface area (Å²) in [6.07, 6.45) is 3.30. The second kappa shape index (κ2) is 5.58. The van der Waals surface area contributed by atoms with Crippen LogP contribution in [0.2, 0.25) is 5.02 Å². The van der Waals surface area contributed by atoms with Crippen molar-refractivity contribution in [3.05, 3.63) is 47.7 Å². The highest BCUT2D eigenvalue weighted by Crippen LogP contribution is 2.30. The van der Waals surface area contributed by atoms with E-state index in [1.165, 1.54) is 0 Å². The molecule has 2 aromatic rings. The number of anilines is 1. The average molecular weight is 257 g/mol. The van der Waals surface area contributed by atoms with Gasteiger partial charge < -0.3 is 10.5 Å². The monoisotopic (exact) mass is 256 g/mol. The zero-order valence-electron chi connectivity index (χ0n) is 8.26. The van der Waals surface area contributed by atoms with E-state index in [9.17, 15) is 0 Å². The minimum atomic E-state index is 0. The van der Waals surface area contributed by atoms with Crippen LogP contribution in [-0.4, -0.2) is 4.98 Å². The third-order valence-electron chi connectivity index (χ3n) is 1.82. The van der Waals surface area contributed by atoms with Crippen LogP contribution < -0.4 is 10.5 Å². The Bertz CT molecular complexity index is 463. The third-order valence-corrected chi connectivity index (χ3v) is 2.11. The maximum absolute atomic E-state index is 5.95. The summed E-state index contributed by atoms with van der Waals surface area (Å²) in [6.45, 7) is 0. The van der Waals surface area contributed by atoms with E-state index < -0.39 is 0 Å². The lowest BCUT2D eigenvalue weighted by molar-refractivity contribution is 0.480. The smallest absolute Gasteiger partial charge is 0.146 e. The van der Waals surface area contributed by atoms with Crippen molar-refractivity contribution in [3.8, 4) is 11.5 Å². The summed E-state index contributed by atoms with van der Waals surface area (Å²) in [7, 11) is 0. The van der Waals surface area contributed by atoms with Gasteiger partial charge in [-0.3, -0.25) is 4.98 Å². The molecule has 0 unspecified atom stereocenters. The fourth-order valence-electron chi connectivity index (χ4n) is 1.13. The van der Waals surface area contributed by atoms with Gasteiger partial charge in [0.25, 0.3) is 0 Å². The average Bonchev–Trinajstić information content (AvgIpc) is 2.24. The summed E-state index contributed by atoms with van der Waals surface area (Å²) < 4.78 is 5.51. The van der Waals surface area contributed by atoms with Gasteiger partial charge in [-0.15, -0.1) is 12.4 Å². The number of hydrogen-bond donors (Lipinski definition) is 1. The van der Waals surface area contributed by atoms with Crippen LogP contribution >= 0.6 is 24.0 Å². The Kier molecular flexibility index (Phi) is 4.40. The Morgan fingerprint density at radius 2 is 2.06 bits per heavy atom. The van der Waals surface area contributed by atoms with Gasteiger partial charge in [0.1, 0.15) is 11.5 Å². The lowest BCUT2D eigenvalue weighted by Crippen LogP contribution is -1.88. The molecule has 16 heavy (non-hydrogen) atoms. The van der Waals surface area contributed by atoms with Crippen LogP contribution in [0, 0.1) is 0 Å². The topological polar surface area (TPSA) is 48.1 Å². The molecule has 0 atom stereocenters. The Balaban J connectivity index is 0.00000128. The van der Waals surface area contributed by atoms with Gasteiger partial charge in [-0.25, -0.2) is 0 Å². The Hall–Kier alpha value is -1.45. The molecule has 0 bridgehead atoms. The predicted molar refractivity (Wildman–Crippen MR) is 67.4 cm³/mol. The molecular formula is C11H10Cl2N2O. The van der Waals surface area contributed by atoms with Crippen LogP contribution in [0.5, 0.6) is 11.5 Å². The summed E-state index contributed by atoms with van der Waals surface area (Å²) in [6, 6.07) is 8.70. The number of rotatable bonds is 2. The lowest BCUT2D eigenvalue weighted by Gasteiger charge is -2.06. The highest BCUT2D eigenvalue weighted by molar-refractivity contribution is 6.32. The first-order valence-electron chi connectivity index (χ1n) is 4.38. The van der Waals surface area contributed by atoms with E-state index in [4.69, 9.17) is 22.1 Å². The number of pyridine rings is 1. The number of ether oxygens (including phenoxy) is 1. The molecule has 0 fully saturated rings. The van der Waals surface area contributed by atoms with Gasteiger partial charge in [0.05, 0.1) is 11.2 Å². The lowest BCUT2D eigenvalue weighted by atomic mass is 10.3. The van der Waals surface area contributed by atoms with Gasteiger partial charge in [0, 0.05) is 11.9 Å². The first-order valence-corrected chi connectivity index (χ1v) is 4.76. The minimum absolute atomic E-state index is 0. The number of benzene rings is 1. The molecule has 1 aromatic carbocycles. The van der Waals surface area contributed by atoms with Crippen molar-refractivity contribution in [2.45, 2.75) is 0 Å². The normalized spacial score (nSPS) is 9.31. The van der Waals surface area contributed by atoms with Crippen LogP contribution in [0.3, 0.4) is 0 Å². The Labute approximate surface area is 105 Å². The predicted octanol–water partition coefficient (Wildman–Crippen LogP) is 3.53. The maximum Gasteiger partial charge on any atom is 0.146 e. The molecule has 84 valence electrons. The van der Waals surface area contributed by atoms with Crippen LogP contribution in [0.1, 0.15) is 0 Å². The SMILES string of the molecule is Cl.Nc1ccc(Oc2cccnc2)c(Cl)c1. The molecule has 0 radical (unpaired) electrons. The van der Waals surface area contributed by atoms with Crippen molar-refractivity contribution in [1.82, 2.24) is 4.98 Å². The van der Waals surface area contributed by atoms with Crippen LogP contribution in [0.25, 0.3) is 0 Å². The molecule has 1 heterocycles. The minimum Gasteiger partial charge on any atom is -0.454 e. The summed E-state index contributed by atoms with van der Waals surface area (Å²) in [5.41, 5.74) is 6.18. The third kappa shape index (κ3) is 3.02. The van der Waals surface area contributed by atoms with Crippen LogP contribution in [0.4, 0.5) is 5.69 Å². The van der Waals surface area contributed by atoms with E-state index in [-0.39, 0.29) is 12.4 Å². The van der Waals surface area contributed by atoms with Crippen LogP contribution in [-0.2, 0) is 0 Å². The molecular weight excluding hydrogens is 247 g/mol. The number of nitrogen functional groups attached to an aromatic ring is 1. The molecule has 0 spiro atoms. The van der Waals surface area contributed by atoms with Crippen molar-refractivity contribution in [2.75, 3.05) is 5.73 Å². The van der Waals surface area contributed by atoms with E-state index in [2.05, 4.69) is 4.98 Å². The van der Waals surface area contributed by atoms with Gasteiger partial charge in [-0.1, -0.05) is 11.6 Å². The molecule has 2 N–H and O–H groups in total. The number of nitrogens with two attached hydrogens (primary N) is 1. The molecule has 2 rings (SSSR count). The van der Waals surface area contributed by atoms with E-state index in [1.54, 1.807) is 42.7 Å². The Morgan fingerprint density at radius 1 is 1.25 bits per heavy atom. The van der Waals surface area contributed by atoms with Crippen LogP contribution in [0.15, 0.2) is 42.7 Å². The van der Waals surface area contributed by atoms with Gasteiger partial charge in [0.2, 0.25) is 0 Å².